The lowest BCUT2D eigenvalue weighted by atomic mass is 9.98. The summed E-state index contributed by atoms with van der Waals surface area (Å²) in [6.45, 7) is 2.91. The largest absolute Gasteiger partial charge is 0.338 e. The van der Waals surface area contributed by atoms with Crippen molar-refractivity contribution in [2.45, 2.75) is 25.4 Å². The summed E-state index contributed by atoms with van der Waals surface area (Å²) >= 11 is 0. The lowest BCUT2D eigenvalue weighted by molar-refractivity contribution is 0.250. The smallest absolute Gasteiger partial charge is 0.241 e. The summed E-state index contributed by atoms with van der Waals surface area (Å²) in [6, 6.07) is 10.3. The summed E-state index contributed by atoms with van der Waals surface area (Å²) in [7, 11) is 0. The SMILES string of the molecule is NC1CCC2CN(Cc3nc(-c4ccccc4)no3)CC12. The Hall–Kier alpha value is -1.72. The second-order valence-corrected chi connectivity index (χ2v) is 6.24. The van der Waals surface area contributed by atoms with Crippen LogP contribution in [0.3, 0.4) is 0 Å². The molecule has 1 aromatic carbocycles. The minimum absolute atomic E-state index is 0.377. The van der Waals surface area contributed by atoms with E-state index in [0.29, 0.717) is 23.7 Å². The van der Waals surface area contributed by atoms with Gasteiger partial charge in [0.15, 0.2) is 0 Å². The molecule has 0 spiro atoms. The minimum Gasteiger partial charge on any atom is -0.338 e. The maximum Gasteiger partial charge on any atom is 0.241 e. The minimum atomic E-state index is 0.377. The van der Waals surface area contributed by atoms with Gasteiger partial charge in [0.1, 0.15) is 0 Å². The zero-order valence-corrected chi connectivity index (χ0v) is 12.0. The molecular weight excluding hydrogens is 264 g/mol. The van der Waals surface area contributed by atoms with Gasteiger partial charge >= 0.3 is 0 Å². The summed E-state index contributed by atoms with van der Waals surface area (Å²) in [5.41, 5.74) is 7.17. The monoisotopic (exact) mass is 284 g/mol. The van der Waals surface area contributed by atoms with Gasteiger partial charge in [-0.25, -0.2) is 0 Å². The quantitative estimate of drug-likeness (QED) is 0.932. The molecule has 0 amide bonds. The van der Waals surface area contributed by atoms with Crippen LogP contribution in [-0.2, 0) is 6.54 Å². The molecule has 1 aliphatic carbocycles. The fourth-order valence-corrected chi connectivity index (χ4v) is 3.74. The Bertz CT molecular complexity index is 612. The molecule has 21 heavy (non-hydrogen) atoms. The van der Waals surface area contributed by atoms with Gasteiger partial charge in [-0.05, 0) is 24.7 Å². The van der Waals surface area contributed by atoms with E-state index in [0.717, 1.165) is 31.1 Å². The van der Waals surface area contributed by atoms with Crippen LogP contribution in [0.5, 0.6) is 0 Å². The summed E-state index contributed by atoms with van der Waals surface area (Å²) < 4.78 is 5.40. The molecule has 2 aliphatic rings. The number of likely N-dealkylation sites (tertiary alicyclic amines) is 1. The Balaban J connectivity index is 1.44. The third-order valence-electron chi connectivity index (χ3n) is 4.85. The number of aromatic nitrogens is 2. The number of hydrogen-bond donors (Lipinski definition) is 1. The lowest BCUT2D eigenvalue weighted by Crippen LogP contribution is -2.30. The molecular formula is C16H20N4O. The second-order valence-electron chi connectivity index (χ2n) is 6.24. The van der Waals surface area contributed by atoms with Gasteiger partial charge in [-0.1, -0.05) is 35.5 Å². The molecule has 1 saturated heterocycles. The molecule has 1 aromatic heterocycles. The average Bonchev–Trinajstić information content (AvgIpc) is 3.19. The summed E-state index contributed by atoms with van der Waals surface area (Å²) in [6.07, 6.45) is 2.45. The van der Waals surface area contributed by atoms with Crippen LogP contribution >= 0.6 is 0 Å². The van der Waals surface area contributed by atoms with Gasteiger partial charge in [0.2, 0.25) is 11.7 Å². The van der Waals surface area contributed by atoms with E-state index >= 15 is 0 Å². The summed E-state index contributed by atoms with van der Waals surface area (Å²) in [5, 5.41) is 4.08. The first-order valence-corrected chi connectivity index (χ1v) is 7.65. The number of fused-ring (bicyclic) bond motifs is 1. The standard InChI is InChI=1S/C16H20N4O/c17-14-7-6-12-8-20(9-13(12)14)10-15-18-16(19-21-15)11-4-2-1-3-5-11/h1-5,12-14H,6-10,17H2. The van der Waals surface area contributed by atoms with Crippen molar-refractivity contribution in [1.82, 2.24) is 15.0 Å². The van der Waals surface area contributed by atoms with Gasteiger partial charge < -0.3 is 10.3 Å². The second kappa shape index (κ2) is 5.24. The Morgan fingerprint density at radius 1 is 1.19 bits per heavy atom. The van der Waals surface area contributed by atoms with Gasteiger partial charge in [0.05, 0.1) is 6.54 Å². The molecule has 2 fully saturated rings. The van der Waals surface area contributed by atoms with E-state index in [9.17, 15) is 0 Å². The maximum absolute atomic E-state index is 6.18. The summed E-state index contributed by atoms with van der Waals surface area (Å²) in [4.78, 5) is 6.91. The van der Waals surface area contributed by atoms with Crippen molar-refractivity contribution >= 4 is 0 Å². The number of nitrogens with two attached hydrogens (primary N) is 1. The van der Waals surface area contributed by atoms with Crippen LogP contribution in [0, 0.1) is 11.8 Å². The third kappa shape index (κ3) is 2.47. The van der Waals surface area contributed by atoms with Crippen LogP contribution in [0.15, 0.2) is 34.9 Å². The first kappa shape index (κ1) is 13.0. The fraction of sp³-hybridized carbons (Fsp3) is 0.500. The lowest BCUT2D eigenvalue weighted by Gasteiger charge is -2.15. The van der Waals surface area contributed by atoms with Gasteiger partial charge in [0, 0.05) is 24.7 Å². The molecule has 0 radical (unpaired) electrons. The van der Waals surface area contributed by atoms with Crippen molar-refractivity contribution < 1.29 is 4.52 Å². The van der Waals surface area contributed by atoms with Crippen molar-refractivity contribution in [3.05, 3.63) is 36.2 Å². The van der Waals surface area contributed by atoms with Crippen LogP contribution in [0.2, 0.25) is 0 Å². The highest BCUT2D eigenvalue weighted by atomic mass is 16.5. The zero-order valence-electron chi connectivity index (χ0n) is 12.0. The molecule has 4 rings (SSSR count). The molecule has 3 atom stereocenters. The molecule has 3 unspecified atom stereocenters. The highest BCUT2D eigenvalue weighted by Gasteiger charge is 2.41. The van der Waals surface area contributed by atoms with Crippen molar-refractivity contribution in [2.75, 3.05) is 13.1 Å². The van der Waals surface area contributed by atoms with Crippen LogP contribution in [0.4, 0.5) is 0 Å². The third-order valence-corrected chi connectivity index (χ3v) is 4.85. The summed E-state index contributed by atoms with van der Waals surface area (Å²) in [5.74, 6) is 2.78. The Morgan fingerprint density at radius 3 is 2.86 bits per heavy atom. The van der Waals surface area contributed by atoms with Gasteiger partial charge in [-0.2, -0.15) is 4.98 Å². The number of hydrogen-bond acceptors (Lipinski definition) is 5. The highest BCUT2D eigenvalue weighted by molar-refractivity contribution is 5.53. The predicted molar refractivity (Wildman–Crippen MR) is 79.2 cm³/mol. The maximum atomic E-state index is 6.18. The van der Waals surface area contributed by atoms with Gasteiger partial charge in [0.25, 0.3) is 0 Å². The van der Waals surface area contributed by atoms with Crippen molar-refractivity contribution in [3.63, 3.8) is 0 Å². The molecule has 2 heterocycles. The Labute approximate surface area is 124 Å². The Kier molecular flexibility index (Phi) is 3.24. The van der Waals surface area contributed by atoms with E-state index < -0.39 is 0 Å². The zero-order chi connectivity index (χ0) is 14.2. The van der Waals surface area contributed by atoms with Crippen molar-refractivity contribution in [1.29, 1.82) is 0 Å². The first-order chi connectivity index (χ1) is 10.3. The van der Waals surface area contributed by atoms with Crippen LogP contribution < -0.4 is 5.73 Å². The average molecular weight is 284 g/mol. The first-order valence-electron chi connectivity index (χ1n) is 7.65. The van der Waals surface area contributed by atoms with Gasteiger partial charge in [-0.15, -0.1) is 0 Å². The number of nitrogens with zero attached hydrogens (tertiary/aromatic N) is 3. The van der Waals surface area contributed by atoms with Crippen LogP contribution in [-0.4, -0.2) is 34.2 Å². The van der Waals surface area contributed by atoms with E-state index in [4.69, 9.17) is 10.3 Å². The number of benzene rings is 1. The van der Waals surface area contributed by atoms with E-state index in [1.807, 2.05) is 30.3 Å². The molecule has 1 saturated carbocycles. The molecule has 2 aromatic rings. The van der Waals surface area contributed by atoms with E-state index in [1.54, 1.807) is 0 Å². The van der Waals surface area contributed by atoms with Crippen LogP contribution in [0.25, 0.3) is 11.4 Å². The predicted octanol–water partition coefficient (Wildman–Crippen LogP) is 1.91. The van der Waals surface area contributed by atoms with E-state index in [-0.39, 0.29) is 0 Å². The highest BCUT2D eigenvalue weighted by Crippen LogP contribution is 2.37. The van der Waals surface area contributed by atoms with Gasteiger partial charge in [-0.3, -0.25) is 4.90 Å². The van der Waals surface area contributed by atoms with Crippen LogP contribution in [0.1, 0.15) is 18.7 Å². The van der Waals surface area contributed by atoms with E-state index in [1.165, 1.54) is 12.8 Å². The number of rotatable bonds is 3. The molecule has 1 aliphatic heterocycles. The molecule has 110 valence electrons. The molecule has 2 N–H and O–H groups in total. The normalized spacial score (nSPS) is 28.9. The molecule has 5 nitrogen and oxygen atoms in total. The van der Waals surface area contributed by atoms with E-state index in [2.05, 4.69) is 15.0 Å². The molecule has 0 bridgehead atoms. The van der Waals surface area contributed by atoms with Crippen molar-refractivity contribution in [2.24, 2.45) is 17.6 Å². The molecule has 5 heteroatoms. The fourth-order valence-electron chi connectivity index (χ4n) is 3.74. The Morgan fingerprint density at radius 2 is 2.05 bits per heavy atom. The topological polar surface area (TPSA) is 68.2 Å². The van der Waals surface area contributed by atoms with Crippen molar-refractivity contribution in [3.8, 4) is 11.4 Å².